The largest absolute Gasteiger partial charge is 0.454 e. The van der Waals surface area contributed by atoms with Crippen LogP contribution in [-0.4, -0.2) is 51.6 Å². The van der Waals surface area contributed by atoms with Gasteiger partial charge in [-0.25, -0.2) is 4.79 Å². The Hall–Kier alpha value is -3.10. The Labute approximate surface area is 174 Å². The first-order chi connectivity index (χ1) is 14.7. The minimum Gasteiger partial charge on any atom is -0.454 e. The van der Waals surface area contributed by atoms with Gasteiger partial charge in [-0.15, -0.1) is 0 Å². The predicted octanol–water partition coefficient (Wildman–Crippen LogP) is 0.304. The molecule has 2 aromatic rings. The van der Waals surface area contributed by atoms with E-state index in [1.54, 1.807) is 18.2 Å². The van der Waals surface area contributed by atoms with Crippen molar-refractivity contribution in [3.63, 3.8) is 0 Å². The Morgan fingerprint density at radius 3 is 2.50 bits per heavy atom. The third kappa shape index (κ3) is 5.28. The molecule has 2 aliphatic heterocycles. The molecule has 2 aromatic carbocycles. The molecule has 0 saturated carbocycles. The first kappa shape index (κ1) is 20.2. The molecule has 0 radical (unpaired) electrons. The zero-order valence-electron chi connectivity index (χ0n) is 16.6. The van der Waals surface area contributed by atoms with Crippen molar-refractivity contribution in [3.8, 4) is 11.5 Å². The van der Waals surface area contributed by atoms with Gasteiger partial charge in [0, 0.05) is 12.1 Å². The summed E-state index contributed by atoms with van der Waals surface area (Å²) in [5.74, 6) is 0.468. The molecule has 8 nitrogen and oxygen atoms in total. The molecule has 158 valence electrons. The van der Waals surface area contributed by atoms with Gasteiger partial charge >= 0.3 is 5.97 Å². The van der Waals surface area contributed by atoms with E-state index in [-0.39, 0.29) is 19.3 Å². The van der Waals surface area contributed by atoms with E-state index in [2.05, 4.69) is 5.32 Å². The number of hydrogen-bond donors (Lipinski definition) is 2. The van der Waals surface area contributed by atoms with E-state index in [4.69, 9.17) is 18.9 Å². The van der Waals surface area contributed by atoms with E-state index >= 15 is 0 Å². The lowest BCUT2D eigenvalue weighted by molar-refractivity contribution is -0.921. The first-order valence-corrected chi connectivity index (χ1v) is 10.00. The maximum absolute atomic E-state index is 12.2. The fourth-order valence-corrected chi connectivity index (χ4v) is 3.40. The van der Waals surface area contributed by atoms with E-state index in [9.17, 15) is 9.59 Å². The van der Waals surface area contributed by atoms with Gasteiger partial charge in [-0.3, -0.25) is 4.79 Å². The minimum absolute atomic E-state index is 0.205. The summed E-state index contributed by atoms with van der Waals surface area (Å²) in [5, 5.41) is 2.73. The lowest BCUT2D eigenvalue weighted by Crippen LogP contribution is -3.12. The lowest BCUT2D eigenvalue weighted by Gasteiger charge is -2.23. The second-order valence-electron chi connectivity index (χ2n) is 7.28. The van der Waals surface area contributed by atoms with Gasteiger partial charge in [-0.2, -0.15) is 0 Å². The van der Waals surface area contributed by atoms with E-state index in [1.165, 1.54) is 4.90 Å². The van der Waals surface area contributed by atoms with E-state index < -0.39 is 5.97 Å². The molecule has 2 heterocycles. The van der Waals surface area contributed by atoms with Gasteiger partial charge in [0.05, 0.1) is 18.8 Å². The van der Waals surface area contributed by atoms with Crippen LogP contribution in [0.1, 0.15) is 21.5 Å². The molecular weight excluding hydrogens is 388 g/mol. The highest BCUT2D eigenvalue weighted by atomic mass is 16.7. The highest BCUT2D eigenvalue weighted by Crippen LogP contribution is 2.32. The van der Waals surface area contributed by atoms with Crippen LogP contribution in [0.5, 0.6) is 11.5 Å². The number of benzene rings is 2. The van der Waals surface area contributed by atoms with Crippen LogP contribution in [0, 0.1) is 0 Å². The maximum atomic E-state index is 12.2. The summed E-state index contributed by atoms with van der Waals surface area (Å²) in [5.41, 5.74) is 2.46. The number of esters is 1. The van der Waals surface area contributed by atoms with Crippen LogP contribution in [0.4, 0.5) is 0 Å². The zero-order valence-corrected chi connectivity index (χ0v) is 16.6. The molecular formula is C22H25N2O6+. The Bertz CT molecular complexity index is 893. The van der Waals surface area contributed by atoms with Crippen molar-refractivity contribution in [2.45, 2.75) is 13.1 Å². The minimum atomic E-state index is -0.515. The summed E-state index contributed by atoms with van der Waals surface area (Å²) in [6.45, 7) is 4.65. The average molecular weight is 413 g/mol. The molecule has 1 fully saturated rings. The molecule has 0 bridgehead atoms. The quantitative estimate of drug-likeness (QED) is 0.635. The summed E-state index contributed by atoms with van der Waals surface area (Å²) < 4.78 is 21.1. The zero-order chi connectivity index (χ0) is 20.8. The van der Waals surface area contributed by atoms with Crippen LogP contribution in [0.15, 0.2) is 42.5 Å². The molecule has 0 spiro atoms. The summed E-state index contributed by atoms with van der Waals surface area (Å²) in [6.07, 6.45) is 0. The third-order valence-electron chi connectivity index (χ3n) is 5.10. The van der Waals surface area contributed by atoms with Gasteiger partial charge in [0.1, 0.15) is 19.6 Å². The third-order valence-corrected chi connectivity index (χ3v) is 5.10. The number of fused-ring (bicyclic) bond motifs is 1. The van der Waals surface area contributed by atoms with Gasteiger partial charge in [-0.1, -0.05) is 18.2 Å². The summed E-state index contributed by atoms with van der Waals surface area (Å²) in [4.78, 5) is 25.7. The number of quaternary nitrogens is 1. The first-order valence-electron chi connectivity index (χ1n) is 10.00. The maximum Gasteiger partial charge on any atom is 0.338 e. The summed E-state index contributed by atoms with van der Waals surface area (Å²) in [6, 6.07) is 12.8. The lowest BCUT2D eigenvalue weighted by atomic mass is 10.1. The Morgan fingerprint density at radius 1 is 0.967 bits per heavy atom. The van der Waals surface area contributed by atoms with Crippen molar-refractivity contribution >= 4 is 11.9 Å². The number of morpholine rings is 1. The Balaban J connectivity index is 1.20. The van der Waals surface area contributed by atoms with Crippen LogP contribution in [0.3, 0.4) is 0 Å². The van der Waals surface area contributed by atoms with Crippen molar-refractivity contribution in [2.75, 3.05) is 39.7 Å². The molecule has 2 aliphatic rings. The smallest absolute Gasteiger partial charge is 0.338 e. The number of ether oxygens (including phenoxy) is 4. The van der Waals surface area contributed by atoms with E-state index in [1.807, 2.05) is 24.3 Å². The summed E-state index contributed by atoms with van der Waals surface area (Å²) in [7, 11) is 0. The topological polar surface area (TPSA) is 87.5 Å². The van der Waals surface area contributed by atoms with Crippen molar-refractivity contribution in [2.24, 2.45) is 0 Å². The fourth-order valence-electron chi connectivity index (χ4n) is 3.40. The Morgan fingerprint density at radius 2 is 1.70 bits per heavy atom. The molecule has 0 aromatic heterocycles. The fraction of sp³-hybridized carbons (Fsp3) is 0.364. The number of amides is 1. The van der Waals surface area contributed by atoms with E-state index in [0.29, 0.717) is 23.6 Å². The molecule has 0 aliphatic carbocycles. The molecule has 2 N–H and O–H groups in total. The monoisotopic (exact) mass is 413 g/mol. The van der Waals surface area contributed by atoms with Crippen LogP contribution in [0.2, 0.25) is 0 Å². The predicted molar refractivity (Wildman–Crippen MR) is 106 cm³/mol. The Kier molecular flexibility index (Phi) is 6.46. The molecule has 0 unspecified atom stereocenters. The highest BCUT2D eigenvalue weighted by Gasteiger charge is 2.16. The van der Waals surface area contributed by atoms with Crippen molar-refractivity contribution in [1.29, 1.82) is 0 Å². The SMILES string of the molecule is O=C(COC(=O)c1ccc(C[NH+]2CCOCC2)cc1)NCc1ccc2c(c1)OCO2. The molecule has 4 rings (SSSR count). The second-order valence-corrected chi connectivity index (χ2v) is 7.28. The van der Waals surface area contributed by atoms with Crippen molar-refractivity contribution in [1.82, 2.24) is 5.32 Å². The average Bonchev–Trinajstić information content (AvgIpc) is 3.25. The molecule has 8 heteroatoms. The van der Waals surface area contributed by atoms with Gasteiger partial charge < -0.3 is 29.2 Å². The van der Waals surface area contributed by atoms with Crippen molar-refractivity contribution in [3.05, 3.63) is 59.2 Å². The molecule has 1 saturated heterocycles. The number of carbonyl (C=O) groups excluding carboxylic acids is 2. The van der Waals surface area contributed by atoms with Crippen LogP contribution >= 0.6 is 0 Å². The van der Waals surface area contributed by atoms with Crippen molar-refractivity contribution < 1.29 is 33.4 Å². The van der Waals surface area contributed by atoms with Crippen LogP contribution < -0.4 is 19.7 Å². The van der Waals surface area contributed by atoms with Gasteiger partial charge in [0.25, 0.3) is 5.91 Å². The standard InChI is InChI=1S/C22H24N2O6/c25-21(23-12-17-3-6-19-20(11-17)30-15-29-19)14-28-22(26)18-4-1-16(2-5-18)13-24-7-9-27-10-8-24/h1-6,11H,7-10,12-15H2,(H,23,25)/p+1. The normalized spacial score (nSPS) is 15.6. The van der Waals surface area contributed by atoms with Gasteiger partial charge in [-0.05, 0) is 29.8 Å². The van der Waals surface area contributed by atoms with Crippen LogP contribution in [0.25, 0.3) is 0 Å². The number of hydrogen-bond acceptors (Lipinski definition) is 6. The summed E-state index contributed by atoms with van der Waals surface area (Å²) >= 11 is 0. The van der Waals surface area contributed by atoms with Crippen LogP contribution in [-0.2, 0) is 27.4 Å². The number of nitrogens with one attached hydrogen (secondary N) is 2. The second kappa shape index (κ2) is 9.60. The molecule has 30 heavy (non-hydrogen) atoms. The van der Waals surface area contributed by atoms with Gasteiger partial charge in [0.15, 0.2) is 18.1 Å². The molecule has 0 atom stereocenters. The van der Waals surface area contributed by atoms with E-state index in [0.717, 1.165) is 44.0 Å². The number of rotatable bonds is 7. The number of carbonyl (C=O) groups is 2. The highest BCUT2D eigenvalue weighted by molar-refractivity contribution is 5.91. The molecule has 1 amide bonds. The van der Waals surface area contributed by atoms with Gasteiger partial charge in [0.2, 0.25) is 6.79 Å².